The summed E-state index contributed by atoms with van der Waals surface area (Å²) in [7, 11) is 0. The van der Waals surface area contributed by atoms with E-state index in [9.17, 15) is 19.7 Å². The number of ketones is 2. The van der Waals surface area contributed by atoms with Crippen LogP contribution >= 0.6 is 11.6 Å². The lowest BCUT2D eigenvalue weighted by Gasteiger charge is -2.22. The highest BCUT2D eigenvalue weighted by Gasteiger charge is 2.33. The molecule has 0 radical (unpaired) electrons. The van der Waals surface area contributed by atoms with E-state index in [2.05, 4.69) is 0 Å². The predicted molar refractivity (Wildman–Crippen MR) is 89.5 cm³/mol. The van der Waals surface area contributed by atoms with Gasteiger partial charge in [0.05, 0.1) is 10.3 Å². The summed E-state index contributed by atoms with van der Waals surface area (Å²) in [6.07, 6.45) is 0. The van der Waals surface area contributed by atoms with Crippen molar-refractivity contribution in [3.63, 3.8) is 0 Å². The number of hydrogen-bond donors (Lipinski definition) is 0. The fourth-order valence-corrected chi connectivity index (χ4v) is 3.16. The predicted octanol–water partition coefficient (Wildman–Crippen LogP) is 4.27. The Morgan fingerprint density at radius 2 is 1.50 bits per heavy atom. The zero-order valence-corrected chi connectivity index (χ0v) is 13.4. The molecule has 0 saturated heterocycles. The number of hydrogen-bond acceptors (Lipinski definition) is 4. The van der Waals surface area contributed by atoms with E-state index in [1.54, 1.807) is 31.2 Å². The molecule has 6 heteroatoms. The minimum absolute atomic E-state index is 0.0651. The quantitative estimate of drug-likeness (QED) is 0.474. The fraction of sp³-hybridized carbons (Fsp3) is 0.111. The average Bonchev–Trinajstić information content (AvgIpc) is 2.60. The first kappa shape index (κ1) is 16.1. The third-order valence-electron chi connectivity index (χ3n) is 4.06. The molecule has 0 aromatic heterocycles. The van der Waals surface area contributed by atoms with Crippen molar-refractivity contribution in [2.24, 2.45) is 0 Å². The molecule has 120 valence electrons. The van der Waals surface area contributed by atoms with Gasteiger partial charge in [-0.05, 0) is 12.5 Å². The maximum atomic E-state index is 12.8. The van der Waals surface area contributed by atoms with E-state index in [4.69, 9.17) is 11.6 Å². The number of halogens is 1. The largest absolute Gasteiger partial charge is 0.289 e. The number of nitrogens with zero attached hydrogens (tertiary/aromatic N) is 1. The van der Waals surface area contributed by atoms with Crippen LogP contribution in [-0.2, 0) is 0 Å². The molecule has 0 bridgehead atoms. The van der Waals surface area contributed by atoms with Crippen LogP contribution in [0.25, 0.3) is 0 Å². The van der Waals surface area contributed by atoms with Crippen LogP contribution < -0.4 is 0 Å². The first-order chi connectivity index (χ1) is 11.4. The van der Waals surface area contributed by atoms with Gasteiger partial charge in [-0.25, -0.2) is 0 Å². The number of allylic oxidation sites excluding steroid dienone is 2. The van der Waals surface area contributed by atoms with Gasteiger partial charge >= 0.3 is 0 Å². The second-order valence-electron chi connectivity index (χ2n) is 5.45. The average molecular weight is 342 g/mol. The molecule has 1 unspecified atom stereocenters. The fourth-order valence-electron chi connectivity index (χ4n) is 2.76. The number of carbonyl (C=O) groups excluding carboxylic acids is 2. The molecule has 0 spiro atoms. The normalized spacial score (nSPS) is 15.2. The molecule has 0 saturated carbocycles. The van der Waals surface area contributed by atoms with Crippen LogP contribution in [0.2, 0.25) is 0 Å². The molecule has 0 amide bonds. The Hall–Kier alpha value is -2.79. The van der Waals surface area contributed by atoms with E-state index < -0.39 is 10.3 Å². The van der Waals surface area contributed by atoms with E-state index in [-0.39, 0.29) is 22.8 Å². The van der Waals surface area contributed by atoms with Crippen LogP contribution in [0, 0.1) is 10.1 Å². The molecule has 24 heavy (non-hydrogen) atoms. The molecule has 0 fully saturated rings. The summed E-state index contributed by atoms with van der Waals surface area (Å²) >= 11 is 6.44. The van der Waals surface area contributed by atoms with E-state index in [0.717, 1.165) is 0 Å². The van der Waals surface area contributed by atoms with E-state index in [1.807, 2.05) is 0 Å². The number of nitro benzene ring substituents is 1. The maximum Gasteiger partial charge on any atom is 0.269 e. The zero-order chi connectivity index (χ0) is 17.4. The number of rotatable bonds is 3. The summed E-state index contributed by atoms with van der Waals surface area (Å²) in [5.74, 6) is -0.520. The summed E-state index contributed by atoms with van der Waals surface area (Å²) in [6, 6.07) is 12.2. The number of benzene rings is 2. The Kier molecular flexibility index (Phi) is 4.03. The number of non-ortho nitro benzene ring substituents is 1. The molecule has 3 rings (SSSR count). The summed E-state index contributed by atoms with van der Waals surface area (Å²) in [4.78, 5) is 35.5. The van der Waals surface area contributed by atoms with Gasteiger partial charge in [-0.15, -0.1) is 11.6 Å². The van der Waals surface area contributed by atoms with Gasteiger partial charge in [-0.2, -0.15) is 0 Å². The molecular weight excluding hydrogens is 330 g/mol. The van der Waals surface area contributed by atoms with Gasteiger partial charge < -0.3 is 0 Å². The van der Waals surface area contributed by atoms with Crippen LogP contribution in [-0.4, -0.2) is 16.5 Å². The van der Waals surface area contributed by atoms with E-state index in [0.29, 0.717) is 22.3 Å². The molecule has 0 heterocycles. The van der Waals surface area contributed by atoms with Crippen molar-refractivity contribution in [1.82, 2.24) is 0 Å². The molecule has 1 atom stereocenters. The molecule has 1 aliphatic rings. The Morgan fingerprint density at radius 1 is 0.958 bits per heavy atom. The second kappa shape index (κ2) is 6.02. The van der Waals surface area contributed by atoms with Gasteiger partial charge in [-0.1, -0.05) is 36.4 Å². The van der Waals surface area contributed by atoms with Crippen molar-refractivity contribution in [3.8, 4) is 0 Å². The second-order valence-corrected chi connectivity index (χ2v) is 5.89. The molecule has 2 aromatic carbocycles. The monoisotopic (exact) mass is 341 g/mol. The molecule has 0 aliphatic heterocycles. The minimum atomic E-state index is -0.851. The lowest BCUT2D eigenvalue weighted by Crippen LogP contribution is -2.23. The first-order valence-corrected chi connectivity index (χ1v) is 7.63. The molecule has 5 nitrogen and oxygen atoms in total. The van der Waals surface area contributed by atoms with Crippen molar-refractivity contribution in [3.05, 3.63) is 86.5 Å². The minimum Gasteiger partial charge on any atom is -0.289 e. The number of nitro groups is 1. The van der Waals surface area contributed by atoms with Crippen LogP contribution in [0.1, 0.15) is 38.6 Å². The Bertz CT molecular complexity index is 899. The van der Waals surface area contributed by atoms with Gasteiger partial charge in [0, 0.05) is 34.4 Å². The molecule has 0 N–H and O–H groups in total. The van der Waals surface area contributed by atoms with Crippen molar-refractivity contribution < 1.29 is 14.5 Å². The van der Waals surface area contributed by atoms with Crippen LogP contribution in [0.3, 0.4) is 0 Å². The van der Waals surface area contributed by atoms with Crippen molar-refractivity contribution >= 4 is 28.9 Å². The van der Waals surface area contributed by atoms with Gasteiger partial charge in [0.15, 0.2) is 11.6 Å². The van der Waals surface area contributed by atoms with Crippen molar-refractivity contribution in [2.75, 3.05) is 0 Å². The van der Waals surface area contributed by atoms with E-state index >= 15 is 0 Å². The highest BCUT2D eigenvalue weighted by atomic mass is 35.5. The number of fused-ring (bicyclic) bond motifs is 1. The summed E-state index contributed by atoms with van der Waals surface area (Å²) in [5.41, 5.74) is 1.68. The van der Waals surface area contributed by atoms with E-state index in [1.165, 1.54) is 24.3 Å². The third-order valence-corrected chi connectivity index (χ3v) is 4.53. The number of carbonyl (C=O) groups is 2. The van der Waals surface area contributed by atoms with Crippen LogP contribution in [0.4, 0.5) is 5.69 Å². The zero-order valence-electron chi connectivity index (χ0n) is 12.7. The third kappa shape index (κ3) is 2.53. The molecule has 1 aliphatic carbocycles. The van der Waals surface area contributed by atoms with Gasteiger partial charge in [0.1, 0.15) is 0 Å². The Balaban J connectivity index is 2.05. The van der Waals surface area contributed by atoms with Gasteiger partial charge in [0.25, 0.3) is 5.69 Å². The van der Waals surface area contributed by atoms with Gasteiger partial charge in [-0.3, -0.25) is 19.7 Å². The number of Topliss-reactive ketones (excluding diaryl/α,β-unsaturated/α-hetero) is 2. The van der Waals surface area contributed by atoms with Crippen LogP contribution in [0.15, 0.2) is 59.7 Å². The summed E-state index contributed by atoms with van der Waals surface area (Å²) < 4.78 is 0. The summed E-state index contributed by atoms with van der Waals surface area (Å²) in [5, 5.41) is 9.88. The highest BCUT2D eigenvalue weighted by Crippen LogP contribution is 2.38. The highest BCUT2D eigenvalue weighted by molar-refractivity contribution is 6.33. The topological polar surface area (TPSA) is 77.3 Å². The van der Waals surface area contributed by atoms with Gasteiger partial charge in [0.2, 0.25) is 0 Å². The summed E-state index contributed by atoms with van der Waals surface area (Å²) in [6.45, 7) is 1.58. The van der Waals surface area contributed by atoms with Crippen molar-refractivity contribution in [2.45, 2.75) is 12.3 Å². The van der Waals surface area contributed by atoms with Crippen LogP contribution in [0.5, 0.6) is 0 Å². The lowest BCUT2D eigenvalue weighted by atomic mass is 9.82. The SMILES string of the molecule is CC1=C(C(Cl)c2ccc([N+](=O)[O-])cc2)C(=O)c2ccccc2C1=O. The Labute approximate surface area is 142 Å². The Morgan fingerprint density at radius 3 is 2.04 bits per heavy atom. The standard InChI is InChI=1S/C18H12ClNO4/c1-10-15(16(19)11-6-8-12(9-7-11)20(23)24)18(22)14-5-3-2-4-13(14)17(10)21/h2-9,16H,1H3. The maximum absolute atomic E-state index is 12.8. The van der Waals surface area contributed by atoms with Crippen molar-refractivity contribution in [1.29, 1.82) is 0 Å². The molecule has 2 aromatic rings. The molecular formula is C18H12ClNO4. The number of alkyl halides is 1. The first-order valence-electron chi connectivity index (χ1n) is 7.19. The smallest absolute Gasteiger partial charge is 0.269 e. The lowest BCUT2D eigenvalue weighted by molar-refractivity contribution is -0.384.